The molecule has 0 unspecified atom stereocenters. The lowest BCUT2D eigenvalue weighted by Crippen LogP contribution is -2.41. The zero-order valence-electron chi connectivity index (χ0n) is 19.8. The zero-order chi connectivity index (χ0) is 26.8. The minimum absolute atomic E-state index is 0.0440. The molecule has 0 fully saturated rings. The predicted molar refractivity (Wildman–Crippen MR) is 129 cm³/mol. The Labute approximate surface area is 216 Å². The van der Waals surface area contributed by atoms with Gasteiger partial charge in [-0.3, -0.25) is 9.69 Å². The molecule has 0 aromatic heterocycles. The summed E-state index contributed by atoms with van der Waals surface area (Å²) in [6.45, 7) is 0.635. The number of ketones is 1. The predicted octanol–water partition coefficient (Wildman–Crippen LogP) is 3.37. The Bertz CT molecular complexity index is 1190. The maximum Gasteiger partial charge on any atom is 0.511 e. The number of halogens is 2. The largest absolute Gasteiger partial charge is 0.511 e. The highest BCUT2D eigenvalue weighted by Crippen LogP contribution is 2.26. The smallest absolute Gasteiger partial charge is 0.435 e. The van der Waals surface area contributed by atoms with Gasteiger partial charge in [0.1, 0.15) is 18.1 Å². The standard InChI is InChI=1S/C24H24ClFN4O7/c1-2-35-24(34)37-14-36-23(33)22(32)13-30(12-21(31)20-10-27-29-28-20)11-15-3-5-16(6-4-15)18-9-17(25)7-8-19(18)26/h3-9,22,32H,2,10-14H2,1H3/t22-/m1/s1. The van der Waals surface area contributed by atoms with Crippen LogP contribution in [0.15, 0.2) is 57.9 Å². The van der Waals surface area contributed by atoms with Gasteiger partial charge in [0.15, 0.2) is 11.9 Å². The van der Waals surface area contributed by atoms with Crippen LogP contribution in [0.5, 0.6) is 0 Å². The van der Waals surface area contributed by atoms with Crippen LogP contribution in [0.3, 0.4) is 0 Å². The number of rotatable bonds is 12. The molecule has 0 amide bonds. The molecule has 1 atom stereocenters. The van der Waals surface area contributed by atoms with Gasteiger partial charge in [0, 0.05) is 23.7 Å². The van der Waals surface area contributed by atoms with E-state index in [2.05, 4.69) is 24.9 Å². The first-order valence-electron chi connectivity index (χ1n) is 11.1. The Morgan fingerprint density at radius 3 is 2.57 bits per heavy atom. The first-order valence-corrected chi connectivity index (χ1v) is 11.5. The summed E-state index contributed by atoms with van der Waals surface area (Å²) in [4.78, 5) is 37.4. The molecule has 0 radical (unpaired) electrons. The number of aliphatic hydroxyl groups is 1. The summed E-state index contributed by atoms with van der Waals surface area (Å²) >= 11 is 5.98. The maximum atomic E-state index is 14.2. The molecule has 3 rings (SSSR count). The van der Waals surface area contributed by atoms with Gasteiger partial charge >= 0.3 is 12.1 Å². The number of carbonyl (C=O) groups excluding carboxylic acids is 3. The average molecular weight is 535 g/mol. The molecule has 37 heavy (non-hydrogen) atoms. The zero-order valence-corrected chi connectivity index (χ0v) is 20.6. The van der Waals surface area contributed by atoms with E-state index in [1.165, 1.54) is 23.1 Å². The second kappa shape index (κ2) is 13.5. The van der Waals surface area contributed by atoms with Crippen molar-refractivity contribution in [3.8, 4) is 11.1 Å². The Hall–Kier alpha value is -3.74. The van der Waals surface area contributed by atoms with E-state index in [-0.39, 0.29) is 44.3 Å². The summed E-state index contributed by atoms with van der Waals surface area (Å²) in [5, 5.41) is 21.5. The maximum absolute atomic E-state index is 14.2. The van der Waals surface area contributed by atoms with E-state index in [1.54, 1.807) is 31.2 Å². The van der Waals surface area contributed by atoms with Crippen molar-refractivity contribution >= 4 is 35.2 Å². The number of nitrogens with zero attached hydrogens (tertiary/aromatic N) is 4. The fourth-order valence-corrected chi connectivity index (χ4v) is 3.49. The van der Waals surface area contributed by atoms with E-state index in [4.69, 9.17) is 16.3 Å². The van der Waals surface area contributed by atoms with Gasteiger partial charge < -0.3 is 19.3 Å². The number of benzene rings is 2. The number of ether oxygens (including phenoxy) is 3. The van der Waals surface area contributed by atoms with Crippen molar-refractivity contribution in [2.75, 3.05) is 33.0 Å². The minimum Gasteiger partial charge on any atom is -0.435 e. The van der Waals surface area contributed by atoms with Gasteiger partial charge in [-0.15, -0.1) is 5.10 Å². The van der Waals surface area contributed by atoms with Crippen molar-refractivity contribution in [2.24, 2.45) is 15.4 Å². The molecule has 1 N–H and O–H groups in total. The third kappa shape index (κ3) is 8.41. The average Bonchev–Trinajstić information content (AvgIpc) is 3.41. The minimum atomic E-state index is -1.65. The van der Waals surface area contributed by atoms with Crippen LogP contribution < -0.4 is 0 Å². The number of hydrogen-bond acceptors (Lipinski definition) is 11. The van der Waals surface area contributed by atoms with Gasteiger partial charge in [-0.2, -0.15) is 5.11 Å². The molecule has 1 heterocycles. The number of esters is 1. The number of hydrogen-bond donors (Lipinski definition) is 1. The number of aliphatic hydroxyl groups excluding tert-OH is 1. The first-order chi connectivity index (χ1) is 17.8. The van der Waals surface area contributed by atoms with Crippen molar-refractivity contribution < 1.29 is 38.1 Å². The monoisotopic (exact) mass is 534 g/mol. The summed E-state index contributed by atoms with van der Waals surface area (Å²) in [6.07, 6.45) is -2.68. The highest BCUT2D eigenvalue weighted by molar-refractivity contribution is 6.41. The molecule has 0 spiro atoms. The summed E-state index contributed by atoms with van der Waals surface area (Å²) in [5.74, 6) is -1.86. The molecule has 1 aliphatic heterocycles. The summed E-state index contributed by atoms with van der Waals surface area (Å²) < 4.78 is 28.0. The normalized spacial score (nSPS) is 13.3. The second-order valence-electron chi connectivity index (χ2n) is 7.77. The van der Waals surface area contributed by atoms with Crippen LogP contribution in [-0.2, 0) is 30.3 Å². The molecule has 0 saturated heterocycles. The Balaban J connectivity index is 1.67. The van der Waals surface area contributed by atoms with Gasteiger partial charge in [0.05, 0.1) is 13.2 Å². The molecule has 196 valence electrons. The molecule has 11 nitrogen and oxygen atoms in total. The lowest BCUT2D eigenvalue weighted by Gasteiger charge is -2.24. The van der Waals surface area contributed by atoms with Gasteiger partial charge in [0.2, 0.25) is 6.79 Å². The lowest BCUT2D eigenvalue weighted by atomic mass is 10.0. The van der Waals surface area contributed by atoms with Crippen LogP contribution in [-0.4, -0.2) is 72.8 Å². The summed E-state index contributed by atoms with van der Waals surface area (Å²) in [7, 11) is 0. The van der Waals surface area contributed by atoms with Crippen molar-refractivity contribution in [2.45, 2.75) is 19.6 Å². The molecular formula is C24H24ClFN4O7. The Morgan fingerprint density at radius 2 is 1.89 bits per heavy atom. The molecule has 2 aromatic rings. The van der Waals surface area contributed by atoms with E-state index in [1.807, 2.05) is 0 Å². The van der Waals surface area contributed by atoms with Gasteiger partial charge in [-0.1, -0.05) is 35.9 Å². The van der Waals surface area contributed by atoms with Crippen molar-refractivity contribution in [1.29, 1.82) is 0 Å². The molecule has 0 aliphatic carbocycles. The van der Waals surface area contributed by atoms with Crippen LogP contribution in [0.2, 0.25) is 5.02 Å². The quantitative estimate of drug-likeness (QED) is 0.323. The van der Waals surface area contributed by atoms with Crippen LogP contribution in [0.25, 0.3) is 11.1 Å². The molecule has 13 heteroatoms. The van der Waals surface area contributed by atoms with Crippen LogP contribution in [0, 0.1) is 5.82 Å². The lowest BCUT2D eigenvalue weighted by molar-refractivity contribution is -0.164. The van der Waals surface area contributed by atoms with E-state index < -0.39 is 30.8 Å². The second-order valence-corrected chi connectivity index (χ2v) is 8.21. The van der Waals surface area contributed by atoms with Crippen molar-refractivity contribution in [3.05, 3.63) is 58.9 Å². The SMILES string of the molecule is CCOC(=O)OCOC(=O)[C@H](O)CN(CC(=O)C1=NN=NC1)Cc1ccc(-c2cc(Cl)ccc2F)cc1. The van der Waals surface area contributed by atoms with E-state index in [9.17, 15) is 23.9 Å². The van der Waals surface area contributed by atoms with Crippen molar-refractivity contribution in [3.63, 3.8) is 0 Å². The van der Waals surface area contributed by atoms with Crippen LogP contribution >= 0.6 is 11.6 Å². The van der Waals surface area contributed by atoms with Crippen LogP contribution in [0.4, 0.5) is 9.18 Å². The van der Waals surface area contributed by atoms with Crippen molar-refractivity contribution in [1.82, 2.24) is 4.90 Å². The Morgan fingerprint density at radius 1 is 1.14 bits per heavy atom. The Kier molecular flexibility index (Phi) is 10.2. The van der Waals surface area contributed by atoms with Gasteiger partial charge in [0.25, 0.3) is 0 Å². The van der Waals surface area contributed by atoms with Gasteiger partial charge in [-0.05, 0) is 41.5 Å². The van der Waals surface area contributed by atoms with E-state index in [0.29, 0.717) is 21.7 Å². The fraction of sp³-hybridized carbons (Fsp3) is 0.333. The first kappa shape index (κ1) is 27.8. The topological polar surface area (TPSA) is 139 Å². The third-order valence-corrected chi connectivity index (χ3v) is 5.32. The van der Waals surface area contributed by atoms with Crippen LogP contribution in [0.1, 0.15) is 12.5 Å². The number of carbonyl (C=O) groups is 3. The highest BCUT2D eigenvalue weighted by Gasteiger charge is 2.25. The summed E-state index contributed by atoms with van der Waals surface area (Å²) in [6, 6.07) is 11.1. The molecule has 0 saturated carbocycles. The molecule has 2 aromatic carbocycles. The molecular weight excluding hydrogens is 511 g/mol. The highest BCUT2D eigenvalue weighted by atomic mass is 35.5. The number of Topliss-reactive ketones (excluding diaryl/α,β-unsaturated/α-hetero) is 1. The van der Waals surface area contributed by atoms with Gasteiger partial charge in [-0.25, -0.2) is 14.0 Å². The fourth-order valence-electron chi connectivity index (χ4n) is 3.32. The molecule has 0 bridgehead atoms. The van der Waals surface area contributed by atoms with E-state index in [0.717, 1.165) is 0 Å². The summed E-state index contributed by atoms with van der Waals surface area (Å²) in [5.41, 5.74) is 1.80. The molecule has 1 aliphatic rings. The van der Waals surface area contributed by atoms with E-state index >= 15 is 0 Å². The third-order valence-electron chi connectivity index (χ3n) is 5.08.